The lowest BCUT2D eigenvalue weighted by Crippen LogP contribution is -2.49. The van der Waals surface area contributed by atoms with Crippen LogP contribution >= 0.6 is 7.14 Å². The topological polar surface area (TPSA) is 131 Å². The van der Waals surface area contributed by atoms with Crippen LogP contribution in [0.2, 0.25) is 0 Å². The minimum Gasteiger partial charge on any atom is -0.493 e. The van der Waals surface area contributed by atoms with E-state index in [4.69, 9.17) is 15.9 Å². The first-order chi connectivity index (χ1) is 34.1. The minimum absolute atomic E-state index is 0.0598. The number of carbonyl (C=O) groups is 3. The Morgan fingerprint density at radius 2 is 1.21 bits per heavy atom. The van der Waals surface area contributed by atoms with Gasteiger partial charge in [0.2, 0.25) is 11.8 Å². The number of esters is 1. The van der Waals surface area contributed by atoms with Crippen LogP contribution < -0.4 is 26.0 Å². The zero-order valence-electron chi connectivity index (χ0n) is 41.5. The van der Waals surface area contributed by atoms with Gasteiger partial charge in [-0.05, 0) is 91.1 Å². The number of rotatable bonds is 22. The molecule has 9 nitrogen and oxygen atoms in total. The third-order valence-corrected chi connectivity index (χ3v) is 15.8. The van der Waals surface area contributed by atoms with E-state index in [0.717, 1.165) is 22.3 Å². The third kappa shape index (κ3) is 13.3. The molecule has 0 saturated heterocycles. The maximum absolute atomic E-state index is 15.1. The number of hydrogen-bond donors (Lipinski definition) is 3. The summed E-state index contributed by atoms with van der Waals surface area (Å²) in [7, 11) is -3.35. The molecule has 0 radical (unpaired) electrons. The van der Waals surface area contributed by atoms with Gasteiger partial charge in [0.1, 0.15) is 23.4 Å². The highest BCUT2D eigenvalue weighted by molar-refractivity contribution is 7.82. The van der Waals surface area contributed by atoms with Crippen LogP contribution in [0.5, 0.6) is 5.75 Å². The summed E-state index contributed by atoms with van der Waals surface area (Å²) in [4.78, 5) is 43.1. The van der Waals surface area contributed by atoms with Crippen LogP contribution in [0.1, 0.15) is 101 Å². The first kappa shape index (κ1) is 53.1. The largest absolute Gasteiger partial charge is 0.493 e. The molecule has 2 amide bonds. The van der Waals surface area contributed by atoms with E-state index in [-0.39, 0.29) is 24.7 Å². The summed E-state index contributed by atoms with van der Waals surface area (Å²) in [5.41, 5.74) is 2.41. The maximum atomic E-state index is 15.1. The fraction of sp³-hybridized carbons (Fsp3) is 0.262. The molecule has 366 valence electrons. The van der Waals surface area contributed by atoms with Crippen molar-refractivity contribution in [2.24, 2.45) is 11.3 Å². The van der Waals surface area contributed by atoms with E-state index in [2.05, 4.69) is 16.6 Å². The van der Waals surface area contributed by atoms with Crippen molar-refractivity contribution in [2.45, 2.75) is 84.6 Å². The van der Waals surface area contributed by atoms with Gasteiger partial charge in [-0.15, -0.1) is 6.42 Å². The third-order valence-electron chi connectivity index (χ3n) is 12.7. The second kappa shape index (κ2) is 24.5. The normalized spacial score (nSPS) is 14.5. The van der Waals surface area contributed by atoms with Crippen molar-refractivity contribution in [1.29, 1.82) is 0 Å². The Bertz CT molecular complexity index is 2740. The number of benzene rings is 6. The number of aliphatic hydroxyl groups is 1. The van der Waals surface area contributed by atoms with E-state index < -0.39 is 48.2 Å². The Kier molecular flexibility index (Phi) is 18.4. The van der Waals surface area contributed by atoms with Crippen LogP contribution in [0, 0.1) is 23.7 Å². The quantitative estimate of drug-likeness (QED) is 0.0203. The van der Waals surface area contributed by atoms with Gasteiger partial charge in [-0.2, -0.15) is 0 Å². The number of allylic oxidation sites excluding steroid dienone is 4. The van der Waals surface area contributed by atoms with Crippen molar-refractivity contribution < 1.29 is 33.5 Å². The number of aliphatic hydroxyl groups excluding tert-OH is 1. The Morgan fingerprint density at radius 3 is 1.70 bits per heavy atom. The average Bonchev–Trinajstić information content (AvgIpc) is 3.39. The standard InChI is InChI=1S/C61H65N2O7P/c1-8-10-29-53(9-2)71(68,54-30-21-14-22-31-54)55-38-34-48(35-39-55)46(5)70-59(67)56(62-58(66)44(3)42-60(6,7)43-69-52-36-32-47(33-37-52)45(4)64)40-41-57(65)63-61(49-23-15-11-16-24-49,50-25-17-12-18-26-50)51-27-19-13-20-28-51/h1,9-39,44-46,56,64H,40-43H2,2-7H3,(H,62,66)(H,63,65)/b29-10-,53-9+. The molecule has 0 aromatic heterocycles. The first-order valence-electron chi connectivity index (χ1n) is 24.1. The molecule has 6 aromatic carbocycles. The Morgan fingerprint density at radius 1 is 0.718 bits per heavy atom. The molecule has 0 aliphatic rings. The van der Waals surface area contributed by atoms with Crippen LogP contribution in [0.25, 0.3) is 0 Å². The summed E-state index contributed by atoms with van der Waals surface area (Å²) in [6, 6.07) is 51.7. The number of terminal acetylenes is 1. The number of ether oxygens (including phenoxy) is 2. The van der Waals surface area contributed by atoms with Gasteiger partial charge in [-0.25, -0.2) is 4.79 Å². The van der Waals surface area contributed by atoms with E-state index in [0.29, 0.717) is 40.3 Å². The molecule has 5 atom stereocenters. The lowest BCUT2D eigenvalue weighted by molar-refractivity contribution is -0.153. The Labute approximate surface area is 419 Å². The molecule has 0 aliphatic heterocycles. The maximum Gasteiger partial charge on any atom is 0.329 e. The number of carbonyl (C=O) groups excluding carboxylic acids is 3. The van der Waals surface area contributed by atoms with Gasteiger partial charge in [0.25, 0.3) is 0 Å². The lowest BCUT2D eigenvalue weighted by Gasteiger charge is -2.37. The summed E-state index contributed by atoms with van der Waals surface area (Å²) in [5.74, 6) is 1.16. The van der Waals surface area contributed by atoms with Crippen LogP contribution in [-0.4, -0.2) is 35.5 Å². The molecule has 6 rings (SSSR count). The summed E-state index contributed by atoms with van der Waals surface area (Å²) >= 11 is 0. The number of hydrogen-bond acceptors (Lipinski definition) is 7. The molecule has 6 aromatic rings. The highest BCUT2D eigenvalue weighted by atomic mass is 31.2. The molecule has 5 unspecified atom stereocenters. The van der Waals surface area contributed by atoms with Gasteiger partial charge in [0.15, 0.2) is 7.14 Å². The molecule has 0 saturated carbocycles. The predicted octanol–water partition coefficient (Wildman–Crippen LogP) is 11.3. The monoisotopic (exact) mass is 968 g/mol. The van der Waals surface area contributed by atoms with Gasteiger partial charge < -0.3 is 29.8 Å². The van der Waals surface area contributed by atoms with E-state index >= 15 is 4.57 Å². The van der Waals surface area contributed by atoms with Gasteiger partial charge in [0, 0.05) is 28.3 Å². The lowest BCUT2D eigenvalue weighted by atomic mass is 9.77. The number of amides is 2. The molecule has 71 heavy (non-hydrogen) atoms. The van der Waals surface area contributed by atoms with Crippen molar-refractivity contribution in [2.75, 3.05) is 6.61 Å². The second-order valence-corrected chi connectivity index (χ2v) is 21.4. The van der Waals surface area contributed by atoms with Crippen LogP contribution in [0.4, 0.5) is 0 Å². The summed E-state index contributed by atoms with van der Waals surface area (Å²) < 4.78 is 27.3. The highest BCUT2D eigenvalue weighted by Gasteiger charge is 2.39. The van der Waals surface area contributed by atoms with Crippen molar-refractivity contribution in [3.63, 3.8) is 0 Å². The molecular formula is C61H65N2O7P. The highest BCUT2D eigenvalue weighted by Crippen LogP contribution is 2.52. The summed E-state index contributed by atoms with van der Waals surface area (Å²) in [5, 5.41) is 18.0. The van der Waals surface area contributed by atoms with Crippen LogP contribution in [-0.2, 0) is 29.2 Å². The minimum atomic E-state index is -3.35. The van der Waals surface area contributed by atoms with Crippen LogP contribution in [0.15, 0.2) is 193 Å². The molecule has 0 bridgehead atoms. The fourth-order valence-corrected chi connectivity index (χ4v) is 11.6. The van der Waals surface area contributed by atoms with E-state index in [9.17, 15) is 19.5 Å². The average molecular weight is 969 g/mol. The van der Waals surface area contributed by atoms with Crippen molar-refractivity contribution in [3.05, 3.63) is 221 Å². The van der Waals surface area contributed by atoms with E-state index in [1.807, 2.05) is 166 Å². The zero-order chi connectivity index (χ0) is 51.0. The van der Waals surface area contributed by atoms with Crippen molar-refractivity contribution in [3.8, 4) is 18.1 Å². The van der Waals surface area contributed by atoms with Gasteiger partial charge >= 0.3 is 5.97 Å². The van der Waals surface area contributed by atoms with E-state index in [1.54, 1.807) is 57.2 Å². The number of nitrogens with one attached hydrogen (secondary N) is 2. The van der Waals surface area contributed by atoms with Crippen molar-refractivity contribution >= 4 is 35.5 Å². The Hall–Kier alpha value is -7.24. The molecule has 10 heteroatoms. The van der Waals surface area contributed by atoms with Crippen molar-refractivity contribution in [1.82, 2.24) is 10.6 Å². The Balaban J connectivity index is 1.25. The zero-order valence-corrected chi connectivity index (χ0v) is 42.4. The van der Waals surface area contributed by atoms with Gasteiger partial charge in [-0.1, -0.05) is 190 Å². The molecule has 0 heterocycles. The molecule has 0 aliphatic carbocycles. The SMILES string of the molecule is C#C/C=C\C(=C/C)P(=O)(c1ccccc1)c1ccc(C(C)OC(=O)C(CCC(=O)NC(c2ccccc2)(c2ccccc2)c2ccccc2)NC(=O)C(C)CC(C)(C)COc2ccc(C(C)O)cc2)cc1. The van der Waals surface area contributed by atoms with Gasteiger partial charge in [-0.3, -0.25) is 9.59 Å². The predicted molar refractivity (Wildman–Crippen MR) is 285 cm³/mol. The van der Waals surface area contributed by atoms with E-state index in [1.165, 1.54) is 6.08 Å². The van der Waals surface area contributed by atoms with Gasteiger partial charge in [0.05, 0.1) is 12.7 Å². The summed E-state index contributed by atoms with van der Waals surface area (Å²) in [6.07, 6.45) is 9.43. The molecule has 0 fully saturated rings. The van der Waals surface area contributed by atoms with Crippen LogP contribution in [0.3, 0.4) is 0 Å². The molecular weight excluding hydrogens is 904 g/mol. The first-order valence-corrected chi connectivity index (χ1v) is 25.8. The molecule has 0 spiro atoms. The smallest absolute Gasteiger partial charge is 0.329 e. The molecule has 3 N–H and O–H groups in total. The summed E-state index contributed by atoms with van der Waals surface area (Å²) in [6.45, 7) is 11.4. The second-order valence-electron chi connectivity index (χ2n) is 18.6. The fourth-order valence-electron chi connectivity index (χ4n) is 8.87.